The second-order valence-corrected chi connectivity index (χ2v) is 7.26. The number of aryl methyl sites for hydroxylation is 3. The normalized spacial score (nSPS) is 10.9. The number of nitrogens with zero attached hydrogens (tertiary/aromatic N) is 2. The predicted molar refractivity (Wildman–Crippen MR) is 116 cm³/mol. The smallest absolute Gasteiger partial charge is 0.266 e. The van der Waals surface area contributed by atoms with Crippen LogP contribution in [0.2, 0.25) is 0 Å². The van der Waals surface area contributed by atoms with Gasteiger partial charge in [0.2, 0.25) is 0 Å². The number of hydrogen-bond acceptors (Lipinski definition) is 3. The zero-order valence-corrected chi connectivity index (χ0v) is 16.9. The summed E-state index contributed by atoms with van der Waals surface area (Å²) in [6.07, 6.45) is 0. The Morgan fingerprint density at radius 3 is 2.37 bits per heavy atom. The van der Waals surface area contributed by atoms with Gasteiger partial charge >= 0.3 is 0 Å². The van der Waals surface area contributed by atoms with Crippen LogP contribution in [0.1, 0.15) is 27.3 Å². The van der Waals surface area contributed by atoms with Crippen molar-refractivity contribution >= 4 is 22.5 Å². The lowest BCUT2D eigenvalue weighted by Crippen LogP contribution is -2.22. The van der Waals surface area contributed by atoms with E-state index in [9.17, 15) is 14.0 Å². The maximum absolute atomic E-state index is 13.3. The van der Waals surface area contributed by atoms with Crippen LogP contribution in [-0.4, -0.2) is 15.5 Å². The maximum atomic E-state index is 13.3. The maximum Gasteiger partial charge on any atom is 0.266 e. The van der Waals surface area contributed by atoms with Crippen molar-refractivity contribution in [1.82, 2.24) is 9.55 Å². The Morgan fingerprint density at radius 1 is 0.933 bits per heavy atom. The fourth-order valence-corrected chi connectivity index (χ4v) is 3.35. The highest BCUT2D eigenvalue weighted by Crippen LogP contribution is 2.19. The molecule has 0 bridgehead atoms. The van der Waals surface area contributed by atoms with Crippen molar-refractivity contribution < 1.29 is 9.18 Å². The number of carbonyl (C=O) groups excluding carboxylic acids is 1. The number of nitrogens with one attached hydrogen (secondary N) is 1. The Hall–Kier alpha value is -3.80. The van der Waals surface area contributed by atoms with E-state index in [0.29, 0.717) is 33.7 Å². The largest absolute Gasteiger partial charge is 0.322 e. The van der Waals surface area contributed by atoms with Crippen molar-refractivity contribution in [1.29, 1.82) is 0 Å². The zero-order valence-electron chi connectivity index (χ0n) is 16.9. The summed E-state index contributed by atoms with van der Waals surface area (Å²) in [5, 5.41) is 3.20. The van der Waals surface area contributed by atoms with Crippen molar-refractivity contribution in [2.45, 2.75) is 20.8 Å². The van der Waals surface area contributed by atoms with E-state index in [1.54, 1.807) is 31.2 Å². The fourth-order valence-electron chi connectivity index (χ4n) is 3.35. The minimum Gasteiger partial charge on any atom is -0.322 e. The molecule has 6 heteroatoms. The molecule has 0 aliphatic heterocycles. The van der Waals surface area contributed by atoms with Gasteiger partial charge in [-0.05, 0) is 86.5 Å². The average molecular weight is 401 g/mol. The van der Waals surface area contributed by atoms with E-state index in [-0.39, 0.29) is 17.3 Å². The van der Waals surface area contributed by atoms with Gasteiger partial charge in [0.25, 0.3) is 11.5 Å². The van der Waals surface area contributed by atoms with Gasteiger partial charge in [-0.2, -0.15) is 0 Å². The molecule has 0 saturated heterocycles. The second-order valence-electron chi connectivity index (χ2n) is 7.26. The molecule has 0 radical (unpaired) electrons. The van der Waals surface area contributed by atoms with Crippen LogP contribution in [0.3, 0.4) is 0 Å². The van der Waals surface area contributed by atoms with E-state index < -0.39 is 0 Å². The number of rotatable bonds is 3. The molecule has 1 aromatic heterocycles. The summed E-state index contributed by atoms with van der Waals surface area (Å²) in [6.45, 7) is 5.66. The summed E-state index contributed by atoms with van der Waals surface area (Å²) in [5.41, 5.74) is 3.95. The molecule has 1 amide bonds. The number of amides is 1. The van der Waals surface area contributed by atoms with Crippen molar-refractivity contribution in [3.05, 3.63) is 99.3 Å². The summed E-state index contributed by atoms with van der Waals surface area (Å²) in [7, 11) is 0. The Bertz CT molecular complexity index is 1340. The molecule has 0 spiro atoms. The molecule has 150 valence electrons. The molecule has 0 aliphatic carbocycles. The van der Waals surface area contributed by atoms with Gasteiger partial charge in [0.05, 0.1) is 16.6 Å². The summed E-state index contributed by atoms with van der Waals surface area (Å²) in [6, 6.07) is 16.2. The molecule has 1 heterocycles. The van der Waals surface area contributed by atoms with Crippen LogP contribution < -0.4 is 10.9 Å². The van der Waals surface area contributed by atoms with Crippen LogP contribution in [0, 0.1) is 26.6 Å². The monoisotopic (exact) mass is 401 g/mol. The summed E-state index contributed by atoms with van der Waals surface area (Å²) < 4.78 is 14.7. The van der Waals surface area contributed by atoms with Gasteiger partial charge in [-0.1, -0.05) is 6.07 Å². The first-order valence-corrected chi connectivity index (χ1v) is 9.51. The van der Waals surface area contributed by atoms with Crippen LogP contribution >= 0.6 is 0 Å². The van der Waals surface area contributed by atoms with Crippen LogP contribution in [-0.2, 0) is 0 Å². The van der Waals surface area contributed by atoms with E-state index in [1.165, 1.54) is 28.8 Å². The van der Waals surface area contributed by atoms with E-state index in [4.69, 9.17) is 0 Å². The second kappa shape index (κ2) is 7.55. The van der Waals surface area contributed by atoms with E-state index >= 15 is 0 Å². The van der Waals surface area contributed by atoms with E-state index in [2.05, 4.69) is 10.3 Å². The molecule has 0 aliphatic rings. The van der Waals surface area contributed by atoms with Crippen LogP contribution in [0.15, 0.2) is 65.5 Å². The number of halogens is 1. The molecule has 3 aromatic carbocycles. The third-order valence-electron chi connectivity index (χ3n) is 5.15. The lowest BCUT2D eigenvalue weighted by atomic mass is 10.1. The van der Waals surface area contributed by atoms with Crippen molar-refractivity contribution in [3.63, 3.8) is 0 Å². The number of anilines is 1. The third-order valence-corrected chi connectivity index (χ3v) is 5.15. The lowest BCUT2D eigenvalue weighted by Gasteiger charge is -2.12. The highest BCUT2D eigenvalue weighted by Gasteiger charge is 2.13. The Morgan fingerprint density at radius 2 is 1.67 bits per heavy atom. The number of carbonyl (C=O) groups is 1. The molecule has 0 atom stereocenters. The zero-order chi connectivity index (χ0) is 21.4. The van der Waals surface area contributed by atoms with Gasteiger partial charge in [0, 0.05) is 11.3 Å². The number of benzene rings is 3. The van der Waals surface area contributed by atoms with Gasteiger partial charge in [-0.15, -0.1) is 0 Å². The Kier molecular flexibility index (Phi) is 4.91. The highest BCUT2D eigenvalue weighted by atomic mass is 19.1. The van der Waals surface area contributed by atoms with Gasteiger partial charge < -0.3 is 5.32 Å². The predicted octanol–water partition coefficient (Wildman–Crippen LogP) is 4.70. The van der Waals surface area contributed by atoms with Gasteiger partial charge in [-0.25, -0.2) is 9.37 Å². The molecule has 0 fully saturated rings. The fraction of sp³-hybridized carbons (Fsp3) is 0.125. The molecule has 0 saturated carbocycles. The molecule has 4 aromatic rings. The number of hydrogen-bond donors (Lipinski definition) is 1. The molecule has 30 heavy (non-hydrogen) atoms. The minimum absolute atomic E-state index is 0.253. The Balaban J connectivity index is 1.74. The summed E-state index contributed by atoms with van der Waals surface area (Å²) >= 11 is 0. The average Bonchev–Trinajstić information content (AvgIpc) is 2.72. The van der Waals surface area contributed by atoms with Crippen LogP contribution in [0.4, 0.5) is 10.1 Å². The first-order chi connectivity index (χ1) is 14.3. The number of fused-ring (bicyclic) bond motifs is 1. The minimum atomic E-state index is -0.380. The quantitative estimate of drug-likeness (QED) is 0.541. The summed E-state index contributed by atoms with van der Waals surface area (Å²) in [4.78, 5) is 30.3. The third kappa shape index (κ3) is 3.59. The van der Waals surface area contributed by atoms with Gasteiger partial charge in [0.15, 0.2) is 0 Å². The highest BCUT2D eigenvalue weighted by molar-refractivity contribution is 6.05. The van der Waals surface area contributed by atoms with Crippen molar-refractivity contribution in [2.75, 3.05) is 5.32 Å². The molecule has 0 unspecified atom stereocenters. The summed E-state index contributed by atoms with van der Waals surface area (Å²) in [5.74, 6) is -0.142. The SMILES string of the molecule is Cc1ccc(C(=O)Nc2ccc3nc(C)n(-c4ccc(F)cc4)c(=O)c3c2)cc1C. The van der Waals surface area contributed by atoms with E-state index in [0.717, 1.165) is 11.1 Å². The van der Waals surface area contributed by atoms with Gasteiger partial charge in [-0.3, -0.25) is 14.2 Å². The Labute approximate surface area is 172 Å². The van der Waals surface area contributed by atoms with Crippen molar-refractivity contribution in [3.8, 4) is 5.69 Å². The standard InChI is InChI=1S/C24H20FN3O2/c1-14-4-5-17(12-15(14)2)23(29)27-19-8-11-22-21(13-19)24(30)28(16(3)26-22)20-9-6-18(25)7-10-20/h4-13H,1-3H3,(H,27,29). The van der Waals surface area contributed by atoms with E-state index in [1.807, 2.05) is 26.0 Å². The molecular weight excluding hydrogens is 381 g/mol. The molecule has 5 nitrogen and oxygen atoms in total. The van der Waals surface area contributed by atoms with Gasteiger partial charge in [0.1, 0.15) is 11.6 Å². The lowest BCUT2D eigenvalue weighted by molar-refractivity contribution is 0.102. The van der Waals surface area contributed by atoms with Crippen molar-refractivity contribution in [2.24, 2.45) is 0 Å². The molecule has 1 N–H and O–H groups in total. The molecule has 4 rings (SSSR count). The topological polar surface area (TPSA) is 64.0 Å². The molecular formula is C24H20FN3O2. The first-order valence-electron chi connectivity index (χ1n) is 9.51. The number of aromatic nitrogens is 2. The van der Waals surface area contributed by atoms with Crippen LogP contribution in [0.25, 0.3) is 16.6 Å². The van der Waals surface area contributed by atoms with Crippen LogP contribution in [0.5, 0.6) is 0 Å². The first kappa shape index (κ1) is 19.5.